The fraction of sp³-hybridized carbons (Fsp3) is 0.0952. The molecule has 0 amide bonds. The Morgan fingerprint density at radius 3 is 2.40 bits per heavy atom. The molecular formula is C21H18F2O2. The SMILES string of the molecule is C=C/C(C)=C\C=C\OC(=O)c1ccc(-c2ccc(C)c(F)c2F)cc1. The van der Waals surface area contributed by atoms with Crippen molar-refractivity contribution in [2.24, 2.45) is 0 Å². The van der Waals surface area contributed by atoms with Crippen molar-refractivity contribution in [2.75, 3.05) is 0 Å². The highest BCUT2D eigenvalue weighted by Crippen LogP contribution is 2.26. The van der Waals surface area contributed by atoms with Crippen LogP contribution in [0.5, 0.6) is 0 Å². The summed E-state index contributed by atoms with van der Waals surface area (Å²) in [6.07, 6.45) is 6.29. The van der Waals surface area contributed by atoms with E-state index in [2.05, 4.69) is 6.58 Å². The zero-order valence-corrected chi connectivity index (χ0v) is 14.1. The van der Waals surface area contributed by atoms with Gasteiger partial charge in [0.2, 0.25) is 0 Å². The van der Waals surface area contributed by atoms with Gasteiger partial charge in [-0.25, -0.2) is 13.6 Å². The predicted octanol–water partition coefficient (Wildman–Crippen LogP) is 5.74. The van der Waals surface area contributed by atoms with Crippen LogP contribution in [0.15, 0.2) is 73.0 Å². The van der Waals surface area contributed by atoms with E-state index in [0.29, 0.717) is 11.1 Å². The summed E-state index contributed by atoms with van der Waals surface area (Å²) in [5.74, 6) is -2.31. The molecule has 0 aliphatic carbocycles. The molecule has 0 bridgehead atoms. The lowest BCUT2D eigenvalue weighted by Gasteiger charge is -2.07. The minimum Gasteiger partial charge on any atom is -0.431 e. The van der Waals surface area contributed by atoms with Crippen molar-refractivity contribution in [3.05, 3.63) is 95.8 Å². The van der Waals surface area contributed by atoms with Crippen LogP contribution in [0.3, 0.4) is 0 Å². The quantitative estimate of drug-likeness (QED) is 0.394. The Kier molecular flexibility index (Phi) is 6.01. The molecule has 0 fully saturated rings. The third kappa shape index (κ3) is 4.51. The summed E-state index contributed by atoms with van der Waals surface area (Å²) in [5, 5.41) is 0. The first-order chi connectivity index (χ1) is 11.9. The maximum absolute atomic E-state index is 14.0. The second-order valence-corrected chi connectivity index (χ2v) is 5.48. The normalized spacial score (nSPS) is 11.6. The molecule has 2 aromatic carbocycles. The first-order valence-electron chi connectivity index (χ1n) is 7.66. The van der Waals surface area contributed by atoms with Crippen LogP contribution < -0.4 is 0 Å². The van der Waals surface area contributed by atoms with Crippen LogP contribution in [0.25, 0.3) is 11.1 Å². The number of halogens is 2. The summed E-state index contributed by atoms with van der Waals surface area (Å²) in [5.41, 5.74) is 2.12. The van der Waals surface area contributed by atoms with Crippen LogP contribution in [0.2, 0.25) is 0 Å². The second kappa shape index (κ2) is 8.20. The average Bonchev–Trinajstić information content (AvgIpc) is 2.63. The number of hydrogen-bond donors (Lipinski definition) is 0. The van der Waals surface area contributed by atoms with Crippen molar-refractivity contribution in [3.63, 3.8) is 0 Å². The Bertz CT molecular complexity index is 847. The molecule has 0 unspecified atom stereocenters. The van der Waals surface area contributed by atoms with Crippen molar-refractivity contribution in [2.45, 2.75) is 13.8 Å². The maximum atomic E-state index is 14.0. The van der Waals surface area contributed by atoms with Gasteiger partial charge in [0, 0.05) is 5.56 Å². The maximum Gasteiger partial charge on any atom is 0.342 e. The van der Waals surface area contributed by atoms with Gasteiger partial charge < -0.3 is 4.74 Å². The molecule has 0 N–H and O–H groups in total. The van der Waals surface area contributed by atoms with Crippen molar-refractivity contribution in [1.82, 2.24) is 0 Å². The van der Waals surface area contributed by atoms with Crippen molar-refractivity contribution in [1.29, 1.82) is 0 Å². The Balaban J connectivity index is 2.13. The Labute approximate surface area is 145 Å². The van der Waals surface area contributed by atoms with Crippen LogP contribution in [0, 0.1) is 18.6 Å². The highest BCUT2D eigenvalue weighted by atomic mass is 19.2. The molecule has 25 heavy (non-hydrogen) atoms. The number of hydrogen-bond acceptors (Lipinski definition) is 2. The zero-order valence-electron chi connectivity index (χ0n) is 14.1. The molecule has 0 aromatic heterocycles. The number of ether oxygens (including phenoxy) is 1. The summed E-state index contributed by atoms with van der Waals surface area (Å²) in [4.78, 5) is 11.9. The molecule has 2 nitrogen and oxygen atoms in total. The molecule has 4 heteroatoms. The molecule has 2 rings (SSSR count). The van der Waals surface area contributed by atoms with Crippen molar-refractivity contribution < 1.29 is 18.3 Å². The summed E-state index contributed by atoms with van der Waals surface area (Å²) < 4.78 is 32.7. The van der Waals surface area contributed by atoms with Crippen LogP contribution >= 0.6 is 0 Å². The lowest BCUT2D eigenvalue weighted by molar-refractivity contribution is 0.0663. The Hall–Kier alpha value is -3.01. The lowest BCUT2D eigenvalue weighted by Crippen LogP contribution is -2.00. The summed E-state index contributed by atoms with van der Waals surface area (Å²) in [6.45, 7) is 6.98. The molecule has 0 atom stereocenters. The first kappa shape index (κ1) is 18.3. The van der Waals surface area contributed by atoms with Gasteiger partial charge in [-0.2, -0.15) is 0 Å². The number of aryl methyl sites for hydroxylation is 1. The van der Waals surface area contributed by atoms with Gasteiger partial charge in [0.15, 0.2) is 11.6 Å². The molecule has 0 radical (unpaired) electrons. The van der Waals surface area contributed by atoms with Crippen molar-refractivity contribution in [3.8, 4) is 11.1 Å². The topological polar surface area (TPSA) is 26.3 Å². The van der Waals surface area contributed by atoms with Gasteiger partial charge in [-0.15, -0.1) is 0 Å². The van der Waals surface area contributed by atoms with E-state index in [0.717, 1.165) is 5.57 Å². The molecule has 2 aromatic rings. The third-order valence-corrected chi connectivity index (χ3v) is 3.64. The highest BCUT2D eigenvalue weighted by Gasteiger charge is 2.13. The molecular weight excluding hydrogens is 322 g/mol. The second-order valence-electron chi connectivity index (χ2n) is 5.48. The van der Waals surface area contributed by atoms with E-state index in [1.165, 1.54) is 37.5 Å². The minimum absolute atomic E-state index is 0.146. The minimum atomic E-state index is -0.900. The first-order valence-corrected chi connectivity index (χ1v) is 7.66. The molecule has 128 valence electrons. The van der Waals surface area contributed by atoms with E-state index in [1.807, 2.05) is 6.92 Å². The predicted molar refractivity (Wildman–Crippen MR) is 95.0 cm³/mol. The van der Waals surface area contributed by atoms with Crippen molar-refractivity contribution >= 4 is 5.97 Å². The van der Waals surface area contributed by atoms with Crippen LogP contribution in [-0.4, -0.2) is 5.97 Å². The molecule has 0 saturated heterocycles. The van der Waals surface area contributed by atoms with Gasteiger partial charge in [-0.3, -0.25) is 0 Å². The fourth-order valence-electron chi connectivity index (χ4n) is 2.08. The Morgan fingerprint density at radius 2 is 1.76 bits per heavy atom. The molecule has 0 saturated carbocycles. The highest BCUT2D eigenvalue weighted by molar-refractivity contribution is 5.90. The van der Waals surface area contributed by atoms with Gasteiger partial charge in [-0.05, 0) is 43.2 Å². The van der Waals surface area contributed by atoms with Gasteiger partial charge in [0.25, 0.3) is 0 Å². The van der Waals surface area contributed by atoms with E-state index >= 15 is 0 Å². The lowest BCUT2D eigenvalue weighted by atomic mass is 10.0. The molecule has 0 heterocycles. The smallest absolute Gasteiger partial charge is 0.342 e. The van der Waals surface area contributed by atoms with Crippen LogP contribution in [0.1, 0.15) is 22.8 Å². The largest absolute Gasteiger partial charge is 0.431 e. The zero-order chi connectivity index (χ0) is 18.4. The summed E-state index contributed by atoms with van der Waals surface area (Å²) in [6, 6.07) is 9.14. The van der Waals surface area contributed by atoms with Crippen LogP contribution in [-0.2, 0) is 4.74 Å². The summed E-state index contributed by atoms with van der Waals surface area (Å²) >= 11 is 0. The van der Waals surface area contributed by atoms with Gasteiger partial charge >= 0.3 is 5.97 Å². The van der Waals surface area contributed by atoms with Gasteiger partial charge in [0.1, 0.15) is 0 Å². The number of allylic oxidation sites excluding steroid dienone is 4. The van der Waals surface area contributed by atoms with Crippen LogP contribution in [0.4, 0.5) is 8.78 Å². The monoisotopic (exact) mass is 340 g/mol. The number of benzene rings is 2. The fourth-order valence-corrected chi connectivity index (χ4v) is 2.08. The van der Waals surface area contributed by atoms with E-state index < -0.39 is 17.6 Å². The number of rotatable bonds is 5. The van der Waals surface area contributed by atoms with E-state index in [9.17, 15) is 13.6 Å². The molecule has 0 spiro atoms. The molecule has 0 aliphatic rings. The third-order valence-electron chi connectivity index (χ3n) is 3.64. The van der Waals surface area contributed by atoms with Gasteiger partial charge in [-0.1, -0.05) is 48.6 Å². The average molecular weight is 340 g/mol. The van der Waals surface area contributed by atoms with E-state index in [-0.39, 0.29) is 11.1 Å². The number of carbonyl (C=O) groups is 1. The number of carbonyl (C=O) groups excluding carboxylic acids is 1. The van der Waals surface area contributed by atoms with E-state index in [4.69, 9.17) is 4.74 Å². The Morgan fingerprint density at radius 1 is 1.08 bits per heavy atom. The number of esters is 1. The standard InChI is InChI=1S/C21H18F2O2/c1-4-14(2)6-5-13-25-21(24)17-10-8-16(9-11-17)18-12-7-15(3)19(22)20(18)23/h4-13H,1H2,2-3H3/b13-5+,14-6-. The summed E-state index contributed by atoms with van der Waals surface area (Å²) in [7, 11) is 0. The van der Waals surface area contributed by atoms with E-state index in [1.54, 1.807) is 30.4 Å². The van der Waals surface area contributed by atoms with Gasteiger partial charge in [0.05, 0.1) is 11.8 Å². The molecule has 0 aliphatic heterocycles.